The molecule has 21 heavy (non-hydrogen) atoms. The summed E-state index contributed by atoms with van der Waals surface area (Å²) in [6.45, 7) is 2.67. The molecule has 0 spiro atoms. The fourth-order valence-electron chi connectivity index (χ4n) is 2.17. The number of hydrogen-bond donors (Lipinski definition) is 2. The predicted molar refractivity (Wildman–Crippen MR) is 82.1 cm³/mol. The molecule has 0 saturated heterocycles. The van der Waals surface area contributed by atoms with Crippen LogP contribution < -0.4 is 11.1 Å². The molecule has 0 saturated carbocycles. The van der Waals surface area contributed by atoms with Gasteiger partial charge in [-0.1, -0.05) is 6.92 Å². The van der Waals surface area contributed by atoms with E-state index in [9.17, 15) is 4.79 Å². The summed E-state index contributed by atoms with van der Waals surface area (Å²) in [5, 5.41) is 7.64. The van der Waals surface area contributed by atoms with Crippen molar-refractivity contribution in [3.63, 3.8) is 0 Å². The number of carbonyl (C=O) groups excluding carboxylic acids is 1. The highest BCUT2D eigenvalue weighted by Crippen LogP contribution is 2.22. The molecule has 2 rings (SSSR count). The van der Waals surface area contributed by atoms with Crippen LogP contribution in [0.3, 0.4) is 0 Å². The van der Waals surface area contributed by atoms with E-state index < -0.39 is 0 Å². The molecule has 1 aromatic heterocycles. The zero-order valence-corrected chi connectivity index (χ0v) is 12.5. The standard InChI is InChI=1S/C15H20N4O2/c1-4-13-11(9-19(2)18-13)8-17-14-7-10(15(20)21-3)5-6-12(14)16/h5-7,9,17H,4,8,16H2,1-3H3. The van der Waals surface area contributed by atoms with E-state index in [1.807, 2.05) is 13.2 Å². The number of nitrogen functional groups attached to an aromatic ring is 1. The molecule has 0 aliphatic heterocycles. The number of hydrogen-bond acceptors (Lipinski definition) is 5. The summed E-state index contributed by atoms with van der Waals surface area (Å²) in [6, 6.07) is 5.04. The van der Waals surface area contributed by atoms with Gasteiger partial charge in [0.1, 0.15) is 0 Å². The first-order valence-electron chi connectivity index (χ1n) is 6.78. The molecule has 6 heteroatoms. The average molecular weight is 288 g/mol. The van der Waals surface area contributed by atoms with E-state index in [1.165, 1.54) is 7.11 Å². The lowest BCUT2D eigenvalue weighted by Gasteiger charge is -2.10. The van der Waals surface area contributed by atoms with E-state index in [0.717, 1.165) is 17.7 Å². The van der Waals surface area contributed by atoms with Crippen LogP contribution in [-0.4, -0.2) is 22.9 Å². The second kappa shape index (κ2) is 6.30. The van der Waals surface area contributed by atoms with Crippen LogP contribution in [0.25, 0.3) is 0 Å². The zero-order valence-electron chi connectivity index (χ0n) is 12.5. The number of rotatable bonds is 5. The molecule has 0 aliphatic carbocycles. The lowest BCUT2D eigenvalue weighted by atomic mass is 10.1. The lowest BCUT2D eigenvalue weighted by molar-refractivity contribution is 0.0601. The number of aryl methyl sites for hydroxylation is 2. The number of nitrogens with zero attached hydrogens (tertiary/aromatic N) is 2. The van der Waals surface area contributed by atoms with Crippen molar-refractivity contribution in [3.8, 4) is 0 Å². The minimum Gasteiger partial charge on any atom is -0.465 e. The minimum absolute atomic E-state index is 0.381. The van der Waals surface area contributed by atoms with Crippen LogP contribution in [0.5, 0.6) is 0 Å². The van der Waals surface area contributed by atoms with Crippen LogP contribution >= 0.6 is 0 Å². The zero-order chi connectivity index (χ0) is 15.4. The Kier molecular flexibility index (Phi) is 4.47. The maximum atomic E-state index is 11.6. The molecule has 0 fully saturated rings. The third-order valence-electron chi connectivity index (χ3n) is 3.27. The number of ether oxygens (including phenoxy) is 1. The second-order valence-electron chi connectivity index (χ2n) is 4.78. The van der Waals surface area contributed by atoms with E-state index >= 15 is 0 Å². The molecular formula is C15H20N4O2. The molecule has 0 bridgehead atoms. The van der Waals surface area contributed by atoms with Crippen molar-refractivity contribution in [2.45, 2.75) is 19.9 Å². The van der Waals surface area contributed by atoms with Crippen molar-refractivity contribution in [2.75, 3.05) is 18.2 Å². The van der Waals surface area contributed by atoms with E-state index in [-0.39, 0.29) is 5.97 Å². The normalized spacial score (nSPS) is 10.4. The number of benzene rings is 1. The van der Waals surface area contributed by atoms with Crippen LogP contribution in [0.1, 0.15) is 28.5 Å². The van der Waals surface area contributed by atoms with Crippen LogP contribution in [0, 0.1) is 0 Å². The summed E-state index contributed by atoms with van der Waals surface area (Å²) in [4.78, 5) is 11.6. The number of methoxy groups -OCH3 is 1. The van der Waals surface area contributed by atoms with Gasteiger partial charge in [0.2, 0.25) is 0 Å². The van der Waals surface area contributed by atoms with Gasteiger partial charge in [-0.3, -0.25) is 4.68 Å². The van der Waals surface area contributed by atoms with E-state index in [1.54, 1.807) is 22.9 Å². The number of carbonyl (C=O) groups is 1. The molecule has 1 aromatic carbocycles. The molecule has 6 nitrogen and oxygen atoms in total. The van der Waals surface area contributed by atoms with Crippen molar-refractivity contribution in [2.24, 2.45) is 7.05 Å². The summed E-state index contributed by atoms with van der Waals surface area (Å²) in [7, 11) is 3.25. The molecule has 0 aliphatic rings. The second-order valence-corrected chi connectivity index (χ2v) is 4.78. The fraction of sp³-hybridized carbons (Fsp3) is 0.333. The lowest BCUT2D eigenvalue weighted by Crippen LogP contribution is -2.07. The van der Waals surface area contributed by atoms with Crippen molar-refractivity contribution in [1.29, 1.82) is 0 Å². The first kappa shape index (κ1) is 14.9. The average Bonchev–Trinajstić information content (AvgIpc) is 2.85. The number of esters is 1. The quantitative estimate of drug-likeness (QED) is 0.649. The molecule has 112 valence electrons. The van der Waals surface area contributed by atoms with Gasteiger partial charge in [-0.25, -0.2) is 4.79 Å². The summed E-state index contributed by atoms with van der Waals surface area (Å²) < 4.78 is 6.51. The van der Waals surface area contributed by atoms with Gasteiger partial charge in [-0.05, 0) is 24.6 Å². The van der Waals surface area contributed by atoms with Gasteiger partial charge in [0.05, 0.1) is 29.7 Å². The van der Waals surface area contributed by atoms with Crippen LogP contribution in [0.15, 0.2) is 24.4 Å². The van der Waals surface area contributed by atoms with Gasteiger partial charge in [0.15, 0.2) is 0 Å². The van der Waals surface area contributed by atoms with Gasteiger partial charge in [0, 0.05) is 25.4 Å². The number of aromatic nitrogens is 2. The summed E-state index contributed by atoms with van der Waals surface area (Å²) in [6.07, 6.45) is 2.85. The van der Waals surface area contributed by atoms with Crippen molar-refractivity contribution in [1.82, 2.24) is 9.78 Å². The summed E-state index contributed by atoms with van der Waals surface area (Å²) in [5.41, 5.74) is 9.87. The Bertz CT molecular complexity index is 649. The number of anilines is 2. The Labute approximate surface area is 123 Å². The molecule has 0 unspecified atom stereocenters. The van der Waals surface area contributed by atoms with Crippen molar-refractivity contribution in [3.05, 3.63) is 41.2 Å². The first-order chi connectivity index (χ1) is 10.0. The van der Waals surface area contributed by atoms with Gasteiger partial charge in [-0.15, -0.1) is 0 Å². The molecule has 0 atom stereocenters. The predicted octanol–water partition coefficient (Wildman–Crippen LogP) is 1.96. The monoisotopic (exact) mass is 288 g/mol. The Morgan fingerprint density at radius 3 is 2.90 bits per heavy atom. The van der Waals surface area contributed by atoms with E-state index in [0.29, 0.717) is 23.5 Å². The van der Waals surface area contributed by atoms with Gasteiger partial charge in [0.25, 0.3) is 0 Å². The molecular weight excluding hydrogens is 268 g/mol. The highest BCUT2D eigenvalue weighted by Gasteiger charge is 2.10. The molecule has 2 aromatic rings. The third kappa shape index (κ3) is 3.34. The van der Waals surface area contributed by atoms with Gasteiger partial charge >= 0.3 is 5.97 Å². The summed E-state index contributed by atoms with van der Waals surface area (Å²) >= 11 is 0. The molecule has 0 radical (unpaired) electrons. The van der Waals surface area contributed by atoms with Crippen LogP contribution in [0.4, 0.5) is 11.4 Å². The molecule has 3 N–H and O–H groups in total. The van der Waals surface area contributed by atoms with E-state index in [4.69, 9.17) is 10.5 Å². The smallest absolute Gasteiger partial charge is 0.337 e. The maximum absolute atomic E-state index is 11.6. The Balaban J connectivity index is 2.17. The Hall–Kier alpha value is -2.50. The van der Waals surface area contributed by atoms with E-state index in [2.05, 4.69) is 17.3 Å². The number of nitrogens with one attached hydrogen (secondary N) is 1. The maximum Gasteiger partial charge on any atom is 0.337 e. The van der Waals surface area contributed by atoms with Crippen molar-refractivity contribution < 1.29 is 9.53 Å². The minimum atomic E-state index is -0.381. The SMILES string of the molecule is CCc1nn(C)cc1CNc1cc(C(=O)OC)ccc1N. The van der Waals surface area contributed by atoms with Gasteiger partial charge < -0.3 is 15.8 Å². The summed E-state index contributed by atoms with van der Waals surface area (Å²) in [5.74, 6) is -0.381. The fourth-order valence-corrected chi connectivity index (χ4v) is 2.17. The Morgan fingerprint density at radius 1 is 1.48 bits per heavy atom. The Morgan fingerprint density at radius 2 is 2.24 bits per heavy atom. The van der Waals surface area contributed by atoms with Gasteiger partial charge in [-0.2, -0.15) is 5.10 Å². The highest BCUT2D eigenvalue weighted by molar-refractivity contribution is 5.91. The van der Waals surface area contributed by atoms with Crippen molar-refractivity contribution >= 4 is 17.3 Å². The highest BCUT2D eigenvalue weighted by atomic mass is 16.5. The molecule has 1 heterocycles. The third-order valence-corrected chi connectivity index (χ3v) is 3.27. The number of nitrogens with two attached hydrogens (primary N) is 1. The topological polar surface area (TPSA) is 82.2 Å². The first-order valence-corrected chi connectivity index (χ1v) is 6.78. The largest absolute Gasteiger partial charge is 0.465 e. The van der Waals surface area contributed by atoms with Crippen LogP contribution in [-0.2, 0) is 24.8 Å². The molecule has 0 amide bonds. The van der Waals surface area contributed by atoms with Crippen LogP contribution in [0.2, 0.25) is 0 Å².